The summed E-state index contributed by atoms with van der Waals surface area (Å²) in [4.78, 5) is 2.40. The molecule has 76 valence electrons. The molecule has 0 aromatic carbocycles. The van der Waals surface area contributed by atoms with Crippen LogP contribution in [0, 0.1) is 5.92 Å². The number of aliphatic hydroxyl groups is 1. The number of allylic oxidation sites excluding steroid dienone is 1. The number of halogens is 1. The summed E-state index contributed by atoms with van der Waals surface area (Å²) in [6.07, 6.45) is 6.36. The summed E-state index contributed by atoms with van der Waals surface area (Å²) in [6, 6.07) is 0. The van der Waals surface area contributed by atoms with Crippen molar-refractivity contribution in [2.75, 3.05) is 32.1 Å². The zero-order valence-electron chi connectivity index (χ0n) is 7.95. The predicted molar refractivity (Wildman–Crippen MR) is 56.1 cm³/mol. The fraction of sp³-hybridized carbons (Fsp3) is 0.800. The van der Waals surface area contributed by atoms with Crippen LogP contribution in [0.15, 0.2) is 12.2 Å². The van der Waals surface area contributed by atoms with E-state index < -0.39 is 0 Å². The molecule has 13 heavy (non-hydrogen) atoms. The van der Waals surface area contributed by atoms with E-state index >= 15 is 0 Å². The molecule has 0 aromatic heterocycles. The lowest BCUT2D eigenvalue weighted by Gasteiger charge is -2.30. The standard InChI is InChI=1S/C10H18ClNO/c11-5-1-2-6-12-7-3-10(9-13)4-8-12/h1-2,10,13H,3-9H2. The van der Waals surface area contributed by atoms with Crippen LogP contribution in [-0.2, 0) is 0 Å². The fourth-order valence-corrected chi connectivity index (χ4v) is 1.76. The summed E-state index contributed by atoms with van der Waals surface area (Å²) in [5.74, 6) is 1.14. The van der Waals surface area contributed by atoms with Gasteiger partial charge in [0.2, 0.25) is 0 Å². The Morgan fingerprint density at radius 2 is 2.00 bits per heavy atom. The van der Waals surface area contributed by atoms with Crippen molar-refractivity contribution in [3.63, 3.8) is 0 Å². The molecule has 1 aliphatic heterocycles. The van der Waals surface area contributed by atoms with Crippen molar-refractivity contribution >= 4 is 11.6 Å². The van der Waals surface area contributed by atoms with Gasteiger partial charge in [0.25, 0.3) is 0 Å². The highest BCUT2D eigenvalue weighted by molar-refractivity contribution is 6.18. The Hall–Kier alpha value is -0.0500. The molecule has 1 fully saturated rings. The third kappa shape index (κ3) is 4.12. The predicted octanol–water partition coefficient (Wildman–Crippen LogP) is 1.49. The number of piperidine rings is 1. The molecule has 1 N–H and O–H groups in total. The molecule has 3 heteroatoms. The molecule has 1 aliphatic rings. The van der Waals surface area contributed by atoms with E-state index in [1.54, 1.807) is 0 Å². The fourth-order valence-electron chi connectivity index (χ4n) is 1.64. The van der Waals surface area contributed by atoms with Crippen molar-refractivity contribution in [3.05, 3.63) is 12.2 Å². The van der Waals surface area contributed by atoms with Gasteiger partial charge in [-0.2, -0.15) is 0 Å². The van der Waals surface area contributed by atoms with Crippen LogP contribution < -0.4 is 0 Å². The van der Waals surface area contributed by atoms with Crippen LogP contribution in [0.25, 0.3) is 0 Å². The van der Waals surface area contributed by atoms with Crippen molar-refractivity contribution in [2.45, 2.75) is 12.8 Å². The average molecular weight is 204 g/mol. The molecule has 2 nitrogen and oxygen atoms in total. The van der Waals surface area contributed by atoms with Gasteiger partial charge in [-0.25, -0.2) is 0 Å². The second kappa shape index (κ2) is 6.41. The first-order chi connectivity index (χ1) is 6.36. The summed E-state index contributed by atoms with van der Waals surface area (Å²) in [5, 5.41) is 8.94. The zero-order chi connectivity index (χ0) is 9.52. The van der Waals surface area contributed by atoms with Crippen molar-refractivity contribution in [3.8, 4) is 0 Å². The zero-order valence-corrected chi connectivity index (χ0v) is 8.71. The van der Waals surface area contributed by atoms with E-state index in [9.17, 15) is 0 Å². The van der Waals surface area contributed by atoms with Crippen LogP contribution >= 0.6 is 11.6 Å². The number of alkyl halides is 1. The number of likely N-dealkylation sites (tertiary alicyclic amines) is 1. The van der Waals surface area contributed by atoms with Crippen LogP contribution in [0.3, 0.4) is 0 Å². The molecule has 0 amide bonds. The van der Waals surface area contributed by atoms with E-state index in [2.05, 4.69) is 11.0 Å². The smallest absolute Gasteiger partial charge is 0.0460 e. The lowest BCUT2D eigenvalue weighted by atomic mass is 9.98. The molecule has 0 bridgehead atoms. The Kier molecular flexibility index (Phi) is 5.44. The largest absolute Gasteiger partial charge is 0.396 e. The normalized spacial score (nSPS) is 21.4. The van der Waals surface area contributed by atoms with E-state index in [0.29, 0.717) is 18.4 Å². The summed E-state index contributed by atoms with van der Waals surface area (Å²) in [5.41, 5.74) is 0. The van der Waals surface area contributed by atoms with Crippen LogP contribution in [0.1, 0.15) is 12.8 Å². The Morgan fingerprint density at radius 3 is 2.54 bits per heavy atom. The molecule has 1 heterocycles. The van der Waals surface area contributed by atoms with E-state index in [4.69, 9.17) is 16.7 Å². The molecule has 1 saturated heterocycles. The average Bonchev–Trinajstić information content (AvgIpc) is 2.19. The molecule has 0 aromatic rings. The van der Waals surface area contributed by atoms with Crippen LogP contribution in [0.2, 0.25) is 0 Å². The van der Waals surface area contributed by atoms with Gasteiger partial charge in [0.15, 0.2) is 0 Å². The minimum Gasteiger partial charge on any atom is -0.396 e. The maximum Gasteiger partial charge on any atom is 0.0460 e. The molecule has 0 unspecified atom stereocenters. The number of nitrogens with zero attached hydrogens (tertiary/aromatic N) is 1. The Balaban J connectivity index is 2.14. The number of rotatable bonds is 4. The van der Waals surface area contributed by atoms with Crippen LogP contribution in [-0.4, -0.2) is 42.1 Å². The maximum absolute atomic E-state index is 8.94. The molecular formula is C10H18ClNO. The molecule has 0 aliphatic carbocycles. The van der Waals surface area contributed by atoms with Crippen LogP contribution in [0.4, 0.5) is 0 Å². The second-order valence-electron chi connectivity index (χ2n) is 3.55. The monoisotopic (exact) mass is 203 g/mol. The van der Waals surface area contributed by atoms with E-state index in [1.165, 1.54) is 0 Å². The SMILES string of the molecule is OCC1CCN(CC=CCCl)CC1. The number of hydrogen-bond acceptors (Lipinski definition) is 2. The van der Waals surface area contributed by atoms with Gasteiger partial charge in [0.05, 0.1) is 0 Å². The second-order valence-corrected chi connectivity index (χ2v) is 3.86. The van der Waals surface area contributed by atoms with Crippen molar-refractivity contribution in [2.24, 2.45) is 5.92 Å². The Morgan fingerprint density at radius 1 is 1.31 bits per heavy atom. The van der Waals surface area contributed by atoms with Crippen LogP contribution in [0.5, 0.6) is 0 Å². The van der Waals surface area contributed by atoms with Gasteiger partial charge in [-0.05, 0) is 31.8 Å². The summed E-state index contributed by atoms with van der Waals surface area (Å²) >= 11 is 5.53. The Bertz CT molecular complexity index is 153. The van der Waals surface area contributed by atoms with Gasteiger partial charge in [-0.3, -0.25) is 4.90 Å². The first-order valence-corrected chi connectivity index (χ1v) is 5.44. The number of aliphatic hydroxyl groups excluding tert-OH is 1. The topological polar surface area (TPSA) is 23.5 Å². The molecule has 0 radical (unpaired) electrons. The molecule has 0 atom stereocenters. The molecular weight excluding hydrogens is 186 g/mol. The van der Waals surface area contributed by atoms with Gasteiger partial charge in [0, 0.05) is 19.0 Å². The van der Waals surface area contributed by atoms with E-state index in [1.807, 2.05) is 6.08 Å². The van der Waals surface area contributed by atoms with Gasteiger partial charge in [-0.1, -0.05) is 12.2 Å². The van der Waals surface area contributed by atoms with E-state index in [-0.39, 0.29) is 0 Å². The summed E-state index contributed by atoms with van der Waals surface area (Å²) in [7, 11) is 0. The minimum absolute atomic E-state index is 0.353. The van der Waals surface area contributed by atoms with Crippen molar-refractivity contribution in [1.82, 2.24) is 4.90 Å². The lowest BCUT2D eigenvalue weighted by Crippen LogP contribution is -2.34. The third-order valence-electron chi connectivity index (χ3n) is 2.58. The summed E-state index contributed by atoms with van der Waals surface area (Å²) in [6.45, 7) is 3.58. The minimum atomic E-state index is 0.353. The highest BCUT2D eigenvalue weighted by Crippen LogP contribution is 2.15. The van der Waals surface area contributed by atoms with E-state index in [0.717, 1.165) is 32.5 Å². The maximum atomic E-state index is 8.94. The first-order valence-electron chi connectivity index (χ1n) is 4.91. The van der Waals surface area contributed by atoms with Gasteiger partial charge in [0.1, 0.15) is 0 Å². The highest BCUT2D eigenvalue weighted by Gasteiger charge is 2.16. The van der Waals surface area contributed by atoms with Gasteiger partial charge >= 0.3 is 0 Å². The highest BCUT2D eigenvalue weighted by atomic mass is 35.5. The lowest BCUT2D eigenvalue weighted by molar-refractivity contribution is 0.139. The Labute approximate surface area is 85.2 Å². The summed E-state index contributed by atoms with van der Waals surface area (Å²) < 4.78 is 0. The van der Waals surface area contributed by atoms with Gasteiger partial charge in [-0.15, -0.1) is 11.6 Å². The van der Waals surface area contributed by atoms with Gasteiger partial charge < -0.3 is 5.11 Å². The number of hydrogen-bond donors (Lipinski definition) is 1. The van der Waals surface area contributed by atoms with Crippen molar-refractivity contribution < 1.29 is 5.11 Å². The quantitative estimate of drug-likeness (QED) is 0.553. The third-order valence-corrected chi connectivity index (χ3v) is 2.76. The molecule has 0 spiro atoms. The molecule has 1 rings (SSSR count). The first kappa shape index (κ1) is 11.0. The van der Waals surface area contributed by atoms with Crippen molar-refractivity contribution in [1.29, 1.82) is 0 Å². The molecule has 0 saturated carbocycles.